The molecule has 0 saturated carbocycles. The van der Waals surface area contributed by atoms with E-state index in [2.05, 4.69) is 15.3 Å². The van der Waals surface area contributed by atoms with E-state index >= 15 is 0 Å². The zero-order chi connectivity index (χ0) is 10.6. The molecule has 1 unspecified atom stereocenters. The highest BCUT2D eigenvalue weighted by atomic mass is 16.5. The summed E-state index contributed by atoms with van der Waals surface area (Å²) in [6, 6.07) is 0.197. The lowest BCUT2D eigenvalue weighted by Crippen LogP contribution is -2.30. The maximum absolute atomic E-state index is 5.19. The van der Waals surface area contributed by atoms with Crippen LogP contribution in [0, 0.1) is 6.92 Å². The molecule has 1 heterocycles. The number of hydrogen-bond acceptors (Lipinski definition) is 4. The fraction of sp³-hybridized carbons (Fsp3) is 0.600. The molecule has 4 nitrogen and oxygen atoms in total. The van der Waals surface area contributed by atoms with E-state index in [1.165, 1.54) is 0 Å². The molecule has 0 fully saturated rings. The third kappa shape index (κ3) is 2.96. The van der Waals surface area contributed by atoms with Crippen LogP contribution in [0.4, 0.5) is 5.95 Å². The van der Waals surface area contributed by atoms with Crippen molar-refractivity contribution < 1.29 is 4.74 Å². The second kappa shape index (κ2) is 4.91. The van der Waals surface area contributed by atoms with Crippen LogP contribution < -0.4 is 5.32 Å². The predicted octanol–water partition coefficient (Wildman–Crippen LogP) is 1.62. The normalized spacial score (nSPS) is 14.9. The molecule has 0 amide bonds. The number of hydrogen-bond donors (Lipinski definition) is 1. The van der Waals surface area contributed by atoms with Gasteiger partial charge < -0.3 is 10.1 Å². The molecule has 0 aromatic carbocycles. The van der Waals surface area contributed by atoms with Gasteiger partial charge in [-0.3, -0.25) is 0 Å². The third-order valence-corrected chi connectivity index (χ3v) is 2.21. The van der Waals surface area contributed by atoms with Crippen molar-refractivity contribution in [3.63, 3.8) is 0 Å². The summed E-state index contributed by atoms with van der Waals surface area (Å²) in [7, 11) is 1.69. The van der Waals surface area contributed by atoms with E-state index in [0.29, 0.717) is 5.95 Å². The van der Waals surface area contributed by atoms with Crippen LogP contribution in [0.3, 0.4) is 0 Å². The molecule has 0 radical (unpaired) electrons. The van der Waals surface area contributed by atoms with Gasteiger partial charge in [0.05, 0.1) is 12.1 Å². The molecule has 1 rings (SSSR count). The van der Waals surface area contributed by atoms with E-state index in [1.54, 1.807) is 19.5 Å². The summed E-state index contributed by atoms with van der Waals surface area (Å²) in [6.07, 6.45) is 3.72. The molecule has 1 aromatic heterocycles. The van der Waals surface area contributed by atoms with Crippen molar-refractivity contribution in [3.8, 4) is 0 Å². The van der Waals surface area contributed by atoms with E-state index in [4.69, 9.17) is 4.74 Å². The molecular weight excluding hydrogens is 178 g/mol. The highest BCUT2D eigenvalue weighted by Gasteiger charge is 2.11. The number of anilines is 1. The van der Waals surface area contributed by atoms with Crippen LogP contribution in [-0.4, -0.2) is 29.2 Å². The zero-order valence-corrected chi connectivity index (χ0v) is 9.11. The second-order valence-corrected chi connectivity index (χ2v) is 3.46. The standard InChI is InChI=1S/C10H17N3O/c1-7-5-11-10(12-6-7)13-8(2)9(3)14-4/h5-6,8-9H,1-4H3,(H,11,12,13)/t8-,9?/m0/s1. The maximum atomic E-state index is 5.19. The quantitative estimate of drug-likeness (QED) is 0.793. The molecule has 0 bridgehead atoms. The van der Waals surface area contributed by atoms with Crippen molar-refractivity contribution in [1.82, 2.24) is 9.97 Å². The number of nitrogens with one attached hydrogen (secondary N) is 1. The van der Waals surface area contributed by atoms with Crippen LogP contribution >= 0.6 is 0 Å². The number of nitrogens with zero attached hydrogens (tertiary/aromatic N) is 2. The first-order chi connectivity index (χ1) is 6.63. The fourth-order valence-corrected chi connectivity index (χ4v) is 0.992. The Morgan fingerprint density at radius 2 is 1.86 bits per heavy atom. The minimum atomic E-state index is 0.139. The molecule has 0 aliphatic carbocycles. The largest absolute Gasteiger partial charge is 0.380 e. The van der Waals surface area contributed by atoms with Gasteiger partial charge in [0, 0.05) is 19.5 Å². The molecule has 0 saturated heterocycles. The first-order valence-corrected chi connectivity index (χ1v) is 4.71. The van der Waals surface area contributed by atoms with Crippen molar-refractivity contribution in [2.75, 3.05) is 12.4 Å². The molecule has 0 spiro atoms. The maximum Gasteiger partial charge on any atom is 0.222 e. The molecule has 1 N–H and O–H groups in total. The van der Waals surface area contributed by atoms with Gasteiger partial charge in [-0.2, -0.15) is 0 Å². The average Bonchev–Trinajstić information content (AvgIpc) is 2.20. The van der Waals surface area contributed by atoms with Gasteiger partial charge in [-0.05, 0) is 26.3 Å². The van der Waals surface area contributed by atoms with Crippen LogP contribution in [-0.2, 0) is 4.74 Å². The Labute approximate surface area is 84.7 Å². The summed E-state index contributed by atoms with van der Waals surface area (Å²) in [4.78, 5) is 8.31. The smallest absolute Gasteiger partial charge is 0.222 e. The first kappa shape index (κ1) is 10.9. The van der Waals surface area contributed by atoms with Crippen LogP contribution in [0.5, 0.6) is 0 Å². The molecule has 2 atom stereocenters. The van der Waals surface area contributed by atoms with Gasteiger partial charge >= 0.3 is 0 Å². The Morgan fingerprint density at radius 3 is 2.36 bits per heavy atom. The summed E-state index contributed by atoms with van der Waals surface area (Å²) in [5.41, 5.74) is 1.06. The molecular formula is C10H17N3O. The molecule has 4 heteroatoms. The van der Waals surface area contributed by atoms with Crippen LogP contribution in [0.2, 0.25) is 0 Å². The number of aromatic nitrogens is 2. The summed E-state index contributed by atoms with van der Waals surface area (Å²) in [5, 5.41) is 3.17. The van der Waals surface area contributed by atoms with Gasteiger partial charge in [0.1, 0.15) is 0 Å². The summed E-state index contributed by atoms with van der Waals surface area (Å²) in [5.74, 6) is 0.645. The third-order valence-electron chi connectivity index (χ3n) is 2.21. The Hall–Kier alpha value is -1.16. The zero-order valence-electron chi connectivity index (χ0n) is 9.11. The average molecular weight is 195 g/mol. The van der Waals surface area contributed by atoms with Gasteiger partial charge in [-0.15, -0.1) is 0 Å². The van der Waals surface area contributed by atoms with Crippen molar-refractivity contribution in [3.05, 3.63) is 18.0 Å². The van der Waals surface area contributed by atoms with E-state index in [9.17, 15) is 0 Å². The second-order valence-electron chi connectivity index (χ2n) is 3.46. The first-order valence-electron chi connectivity index (χ1n) is 4.71. The van der Waals surface area contributed by atoms with Crippen LogP contribution in [0.25, 0.3) is 0 Å². The molecule has 0 aliphatic heterocycles. The lowest BCUT2D eigenvalue weighted by atomic mass is 10.2. The summed E-state index contributed by atoms with van der Waals surface area (Å²) < 4.78 is 5.19. The number of ether oxygens (including phenoxy) is 1. The predicted molar refractivity (Wildman–Crippen MR) is 56.3 cm³/mol. The minimum absolute atomic E-state index is 0.139. The summed E-state index contributed by atoms with van der Waals surface area (Å²) >= 11 is 0. The minimum Gasteiger partial charge on any atom is -0.380 e. The van der Waals surface area contributed by atoms with Gasteiger partial charge in [0.25, 0.3) is 0 Å². The van der Waals surface area contributed by atoms with E-state index < -0.39 is 0 Å². The van der Waals surface area contributed by atoms with Crippen molar-refractivity contribution >= 4 is 5.95 Å². The van der Waals surface area contributed by atoms with Crippen LogP contribution in [0.1, 0.15) is 19.4 Å². The van der Waals surface area contributed by atoms with E-state index in [1.807, 2.05) is 20.8 Å². The Bertz CT molecular complexity index is 273. The van der Waals surface area contributed by atoms with E-state index in [-0.39, 0.29) is 12.1 Å². The fourth-order valence-electron chi connectivity index (χ4n) is 0.992. The van der Waals surface area contributed by atoms with Gasteiger partial charge in [-0.25, -0.2) is 9.97 Å². The van der Waals surface area contributed by atoms with Gasteiger partial charge in [0.2, 0.25) is 5.95 Å². The Kier molecular flexibility index (Phi) is 3.83. The number of rotatable bonds is 4. The highest BCUT2D eigenvalue weighted by Crippen LogP contribution is 2.04. The monoisotopic (exact) mass is 195 g/mol. The van der Waals surface area contributed by atoms with Gasteiger partial charge in [-0.1, -0.05) is 0 Å². The highest BCUT2D eigenvalue weighted by molar-refractivity contribution is 5.26. The van der Waals surface area contributed by atoms with Crippen LogP contribution in [0.15, 0.2) is 12.4 Å². The topological polar surface area (TPSA) is 47.0 Å². The van der Waals surface area contributed by atoms with Crippen molar-refractivity contribution in [1.29, 1.82) is 0 Å². The molecule has 0 aliphatic rings. The SMILES string of the molecule is COC(C)[C@H](C)Nc1ncc(C)cn1. The van der Waals surface area contributed by atoms with E-state index in [0.717, 1.165) is 5.56 Å². The molecule has 78 valence electrons. The summed E-state index contributed by atoms with van der Waals surface area (Å²) in [6.45, 7) is 6.01. The Balaban J connectivity index is 2.56. The number of methoxy groups -OCH3 is 1. The molecule has 1 aromatic rings. The lowest BCUT2D eigenvalue weighted by molar-refractivity contribution is 0.106. The number of aryl methyl sites for hydroxylation is 1. The van der Waals surface area contributed by atoms with Crippen molar-refractivity contribution in [2.24, 2.45) is 0 Å². The van der Waals surface area contributed by atoms with Crippen molar-refractivity contribution in [2.45, 2.75) is 32.9 Å². The molecule has 14 heavy (non-hydrogen) atoms. The lowest BCUT2D eigenvalue weighted by Gasteiger charge is -2.19. The van der Waals surface area contributed by atoms with Gasteiger partial charge in [0.15, 0.2) is 0 Å². The Morgan fingerprint density at radius 1 is 1.29 bits per heavy atom.